The predicted molar refractivity (Wildman–Crippen MR) is 72.9 cm³/mol. The number of nitrogens with two attached hydrogens (primary N) is 1. The van der Waals surface area contributed by atoms with E-state index < -0.39 is 0 Å². The Bertz CT molecular complexity index is 270. The first-order valence-corrected chi connectivity index (χ1v) is 8.00. The van der Waals surface area contributed by atoms with Gasteiger partial charge in [-0.05, 0) is 49.0 Å². The van der Waals surface area contributed by atoms with Gasteiger partial charge in [0.05, 0.1) is 5.92 Å². The number of nitrogens with one attached hydrogen (secondary N) is 1. The van der Waals surface area contributed by atoms with Crippen molar-refractivity contribution in [3.05, 3.63) is 0 Å². The first-order valence-electron chi connectivity index (χ1n) is 6.85. The lowest BCUT2D eigenvalue weighted by Crippen LogP contribution is -2.45. The summed E-state index contributed by atoms with van der Waals surface area (Å²) < 4.78 is 0. The molecule has 4 heteroatoms. The third kappa shape index (κ3) is 2.97. The Labute approximate surface area is 108 Å². The second-order valence-electron chi connectivity index (χ2n) is 5.28. The van der Waals surface area contributed by atoms with Gasteiger partial charge in [0.1, 0.15) is 0 Å². The molecule has 2 saturated carbocycles. The van der Waals surface area contributed by atoms with E-state index in [-0.39, 0.29) is 17.9 Å². The van der Waals surface area contributed by atoms with Crippen LogP contribution in [0.3, 0.4) is 0 Å². The normalized spacial score (nSPS) is 35.2. The highest BCUT2D eigenvalue weighted by atomic mass is 32.2. The molecule has 0 spiro atoms. The van der Waals surface area contributed by atoms with Crippen molar-refractivity contribution < 1.29 is 4.79 Å². The zero-order valence-corrected chi connectivity index (χ0v) is 11.5. The van der Waals surface area contributed by atoms with Gasteiger partial charge < -0.3 is 11.1 Å². The van der Waals surface area contributed by atoms with E-state index in [1.54, 1.807) is 0 Å². The van der Waals surface area contributed by atoms with Crippen LogP contribution in [0.1, 0.15) is 32.6 Å². The molecule has 2 aliphatic rings. The molecule has 1 amide bonds. The standard InChI is InChI=1S/C13H24N2OS/c1-2-17-7-3-6-15-13(16)11-9-4-5-10(8-9)12(11)14/h9-12H,2-8,14H2,1H3,(H,15,16). The van der Waals surface area contributed by atoms with Crippen molar-refractivity contribution in [2.24, 2.45) is 23.5 Å². The van der Waals surface area contributed by atoms with Crippen molar-refractivity contribution in [2.45, 2.75) is 38.6 Å². The van der Waals surface area contributed by atoms with E-state index in [9.17, 15) is 4.79 Å². The molecule has 0 aromatic rings. The molecule has 0 radical (unpaired) electrons. The molecule has 0 saturated heterocycles. The minimum absolute atomic E-state index is 0.104. The zero-order chi connectivity index (χ0) is 12.3. The molecule has 2 aliphatic carbocycles. The van der Waals surface area contributed by atoms with E-state index in [0.717, 1.165) is 24.5 Å². The molecular weight excluding hydrogens is 232 g/mol. The molecule has 17 heavy (non-hydrogen) atoms. The summed E-state index contributed by atoms with van der Waals surface area (Å²) in [6, 6.07) is 0.124. The van der Waals surface area contributed by atoms with Crippen LogP contribution in [-0.4, -0.2) is 30.0 Å². The highest BCUT2D eigenvalue weighted by Gasteiger charge is 2.48. The largest absolute Gasteiger partial charge is 0.356 e. The second-order valence-corrected chi connectivity index (χ2v) is 6.67. The molecule has 0 aromatic carbocycles. The summed E-state index contributed by atoms with van der Waals surface area (Å²) in [6.45, 7) is 2.98. The predicted octanol–water partition coefficient (Wildman–Crippen LogP) is 1.62. The number of rotatable bonds is 6. The molecule has 4 atom stereocenters. The van der Waals surface area contributed by atoms with Crippen LogP contribution >= 0.6 is 11.8 Å². The summed E-state index contributed by atoms with van der Waals surface area (Å²) in [5.41, 5.74) is 6.15. The van der Waals surface area contributed by atoms with Crippen LogP contribution in [-0.2, 0) is 4.79 Å². The van der Waals surface area contributed by atoms with Gasteiger partial charge in [-0.15, -0.1) is 0 Å². The van der Waals surface area contributed by atoms with Gasteiger partial charge >= 0.3 is 0 Å². The first-order chi connectivity index (χ1) is 8.24. The molecule has 0 aliphatic heterocycles. The lowest BCUT2D eigenvalue weighted by Gasteiger charge is -2.26. The van der Waals surface area contributed by atoms with Gasteiger partial charge in [-0.25, -0.2) is 0 Å². The third-order valence-electron chi connectivity index (χ3n) is 4.25. The Balaban J connectivity index is 1.69. The molecule has 2 fully saturated rings. The van der Waals surface area contributed by atoms with Gasteiger partial charge in [0.15, 0.2) is 0 Å². The fourth-order valence-corrected chi connectivity index (χ4v) is 4.01. The Hall–Kier alpha value is -0.220. The number of carbonyl (C=O) groups is 1. The maximum absolute atomic E-state index is 12.1. The van der Waals surface area contributed by atoms with Gasteiger partial charge in [0.2, 0.25) is 5.91 Å². The van der Waals surface area contributed by atoms with Crippen molar-refractivity contribution in [1.29, 1.82) is 0 Å². The summed E-state index contributed by atoms with van der Waals surface area (Å²) in [7, 11) is 0. The third-order valence-corrected chi connectivity index (χ3v) is 5.24. The van der Waals surface area contributed by atoms with E-state index in [1.165, 1.54) is 19.3 Å². The van der Waals surface area contributed by atoms with E-state index in [0.29, 0.717) is 11.8 Å². The minimum atomic E-state index is 0.104. The average Bonchev–Trinajstić information content (AvgIpc) is 2.89. The summed E-state index contributed by atoms with van der Waals surface area (Å²) in [5, 5.41) is 3.07. The smallest absolute Gasteiger partial charge is 0.224 e. The molecule has 3 nitrogen and oxygen atoms in total. The number of hydrogen-bond donors (Lipinski definition) is 2. The molecule has 2 bridgehead atoms. The van der Waals surface area contributed by atoms with Crippen molar-refractivity contribution in [1.82, 2.24) is 5.32 Å². The zero-order valence-electron chi connectivity index (χ0n) is 10.7. The fourth-order valence-electron chi connectivity index (χ4n) is 3.37. The quantitative estimate of drug-likeness (QED) is 0.710. The number of thioether (sulfide) groups is 1. The van der Waals surface area contributed by atoms with E-state index in [2.05, 4.69) is 12.2 Å². The molecular formula is C13H24N2OS. The van der Waals surface area contributed by atoms with Crippen LogP contribution in [0.5, 0.6) is 0 Å². The molecule has 0 aromatic heterocycles. The summed E-state index contributed by atoms with van der Waals surface area (Å²) >= 11 is 1.93. The van der Waals surface area contributed by atoms with E-state index in [4.69, 9.17) is 5.73 Å². The monoisotopic (exact) mass is 256 g/mol. The Kier molecular flexibility index (Phi) is 4.74. The van der Waals surface area contributed by atoms with Gasteiger partial charge in [-0.3, -0.25) is 4.79 Å². The van der Waals surface area contributed by atoms with Crippen LogP contribution in [0, 0.1) is 17.8 Å². The van der Waals surface area contributed by atoms with Crippen molar-refractivity contribution in [3.63, 3.8) is 0 Å². The van der Waals surface area contributed by atoms with Crippen molar-refractivity contribution in [2.75, 3.05) is 18.1 Å². The first kappa shape index (κ1) is 13.2. The fraction of sp³-hybridized carbons (Fsp3) is 0.923. The van der Waals surface area contributed by atoms with Gasteiger partial charge in [0, 0.05) is 12.6 Å². The molecule has 3 N–H and O–H groups in total. The van der Waals surface area contributed by atoms with Crippen LogP contribution in [0.15, 0.2) is 0 Å². The second kappa shape index (κ2) is 6.10. The average molecular weight is 256 g/mol. The summed E-state index contributed by atoms with van der Waals surface area (Å²) in [5.74, 6) is 3.80. The van der Waals surface area contributed by atoms with Crippen LogP contribution in [0.2, 0.25) is 0 Å². The Morgan fingerprint density at radius 1 is 1.41 bits per heavy atom. The number of amides is 1. The molecule has 4 unspecified atom stereocenters. The lowest BCUT2D eigenvalue weighted by atomic mass is 9.84. The van der Waals surface area contributed by atoms with Crippen molar-refractivity contribution >= 4 is 17.7 Å². The Morgan fingerprint density at radius 3 is 2.82 bits per heavy atom. The van der Waals surface area contributed by atoms with Gasteiger partial charge in [-0.1, -0.05) is 6.92 Å². The molecule has 2 rings (SSSR count). The number of fused-ring (bicyclic) bond motifs is 2. The lowest BCUT2D eigenvalue weighted by molar-refractivity contribution is -0.127. The minimum Gasteiger partial charge on any atom is -0.356 e. The highest BCUT2D eigenvalue weighted by Crippen LogP contribution is 2.47. The van der Waals surface area contributed by atoms with E-state index >= 15 is 0 Å². The van der Waals surface area contributed by atoms with E-state index in [1.807, 2.05) is 11.8 Å². The number of carbonyl (C=O) groups excluding carboxylic acids is 1. The van der Waals surface area contributed by atoms with Crippen LogP contribution < -0.4 is 11.1 Å². The molecule has 0 heterocycles. The van der Waals surface area contributed by atoms with Crippen LogP contribution in [0.25, 0.3) is 0 Å². The van der Waals surface area contributed by atoms with Crippen LogP contribution in [0.4, 0.5) is 0 Å². The Morgan fingerprint density at radius 2 is 2.18 bits per heavy atom. The van der Waals surface area contributed by atoms with Crippen molar-refractivity contribution in [3.8, 4) is 0 Å². The SMILES string of the molecule is CCSCCCNC(=O)C1C2CCC(C2)C1N. The summed E-state index contributed by atoms with van der Waals surface area (Å²) in [6.07, 6.45) is 4.70. The maximum atomic E-state index is 12.1. The van der Waals surface area contributed by atoms with Gasteiger partial charge in [0.25, 0.3) is 0 Å². The highest BCUT2D eigenvalue weighted by molar-refractivity contribution is 7.99. The number of hydrogen-bond acceptors (Lipinski definition) is 3. The topological polar surface area (TPSA) is 55.1 Å². The summed E-state index contributed by atoms with van der Waals surface area (Å²) in [4.78, 5) is 12.1. The van der Waals surface area contributed by atoms with Gasteiger partial charge in [-0.2, -0.15) is 11.8 Å². The molecule has 98 valence electrons. The maximum Gasteiger partial charge on any atom is 0.224 e.